The van der Waals surface area contributed by atoms with Crippen LogP contribution in [0.3, 0.4) is 0 Å². The molecule has 106 valence electrons. The van der Waals surface area contributed by atoms with Gasteiger partial charge < -0.3 is 5.73 Å². The fourth-order valence-electron chi connectivity index (χ4n) is 2.59. The highest BCUT2D eigenvalue weighted by molar-refractivity contribution is 7.88. The topological polar surface area (TPSA) is 72.2 Å². The Morgan fingerprint density at radius 3 is 2.63 bits per heavy atom. The summed E-state index contributed by atoms with van der Waals surface area (Å²) in [6.45, 7) is 0.574. The van der Waals surface area contributed by atoms with Crippen LogP contribution in [-0.4, -0.2) is 15.0 Å². The highest BCUT2D eigenvalue weighted by Crippen LogP contribution is 2.23. The van der Waals surface area contributed by atoms with Crippen molar-refractivity contribution < 1.29 is 8.42 Å². The summed E-state index contributed by atoms with van der Waals surface area (Å²) < 4.78 is 26.7. The Morgan fingerprint density at radius 2 is 1.95 bits per heavy atom. The maximum atomic E-state index is 12.0. The van der Waals surface area contributed by atoms with Crippen LogP contribution in [0.25, 0.3) is 0 Å². The van der Waals surface area contributed by atoms with E-state index >= 15 is 0 Å². The average molecular weight is 282 g/mol. The zero-order valence-corrected chi connectivity index (χ0v) is 12.0. The molecular formula is C14H22N2O2S. The van der Waals surface area contributed by atoms with E-state index in [0.29, 0.717) is 18.2 Å². The number of rotatable bonds is 5. The van der Waals surface area contributed by atoms with Crippen molar-refractivity contribution in [2.24, 2.45) is 5.92 Å². The molecule has 0 atom stereocenters. The summed E-state index contributed by atoms with van der Waals surface area (Å²) in [6, 6.07) is 7.03. The average Bonchev–Trinajstić information content (AvgIpc) is 2.37. The third-order valence-electron chi connectivity index (χ3n) is 3.62. The lowest BCUT2D eigenvalue weighted by Crippen LogP contribution is -2.31. The van der Waals surface area contributed by atoms with Crippen LogP contribution in [0.2, 0.25) is 0 Å². The van der Waals surface area contributed by atoms with Gasteiger partial charge in [-0.25, -0.2) is 13.1 Å². The minimum absolute atomic E-state index is 0.00472. The molecule has 0 amide bonds. The molecule has 0 heterocycles. The van der Waals surface area contributed by atoms with Gasteiger partial charge in [-0.1, -0.05) is 31.4 Å². The van der Waals surface area contributed by atoms with Crippen molar-refractivity contribution in [3.63, 3.8) is 0 Å². The van der Waals surface area contributed by atoms with E-state index in [1.54, 1.807) is 24.3 Å². The van der Waals surface area contributed by atoms with Gasteiger partial charge in [-0.15, -0.1) is 0 Å². The normalized spacial score (nSPS) is 17.5. The van der Waals surface area contributed by atoms with Crippen LogP contribution in [0.4, 0.5) is 5.69 Å². The number of sulfonamides is 1. The van der Waals surface area contributed by atoms with Gasteiger partial charge in [0.05, 0.1) is 5.75 Å². The molecule has 2 rings (SSSR count). The summed E-state index contributed by atoms with van der Waals surface area (Å²) in [5.74, 6) is 0.509. The van der Waals surface area contributed by atoms with Gasteiger partial charge in [-0.05, 0) is 36.5 Å². The molecule has 1 aliphatic carbocycles. The third kappa shape index (κ3) is 4.84. The maximum absolute atomic E-state index is 12.0. The van der Waals surface area contributed by atoms with Crippen molar-refractivity contribution in [1.82, 2.24) is 4.72 Å². The van der Waals surface area contributed by atoms with Gasteiger partial charge >= 0.3 is 0 Å². The zero-order chi connectivity index (χ0) is 13.7. The van der Waals surface area contributed by atoms with E-state index < -0.39 is 10.0 Å². The van der Waals surface area contributed by atoms with Gasteiger partial charge in [-0.2, -0.15) is 0 Å². The van der Waals surface area contributed by atoms with Crippen LogP contribution in [-0.2, 0) is 15.8 Å². The first-order valence-corrected chi connectivity index (χ1v) is 8.52. The molecule has 3 N–H and O–H groups in total. The van der Waals surface area contributed by atoms with Crippen LogP contribution in [0.1, 0.15) is 37.7 Å². The molecule has 1 aromatic rings. The lowest BCUT2D eigenvalue weighted by Gasteiger charge is -2.21. The molecule has 0 saturated heterocycles. The van der Waals surface area contributed by atoms with Gasteiger partial charge in [0.1, 0.15) is 0 Å². The van der Waals surface area contributed by atoms with Crippen molar-refractivity contribution in [1.29, 1.82) is 0 Å². The highest BCUT2D eigenvalue weighted by atomic mass is 32.2. The summed E-state index contributed by atoms with van der Waals surface area (Å²) in [7, 11) is -3.26. The number of hydrogen-bond donors (Lipinski definition) is 2. The van der Waals surface area contributed by atoms with Gasteiger partial charge in [0, 0.05) is 12.2 Å². The molecule has 1 aromatic carbocycles. The molecule has 1 fully saturated rings. The smallest absolute Gasteiger partial charge is 0.215 e. The van der Waals surface area contributed by atoms with Crippen LogP contribution >= 0.6 is 0 Å². The van der Waals surface area contributed by atoms with Crippen molar-refractivity contribution in [3.8, 4) is 0 Å². The number of nitrogens with one attached hydrogen (secondary N) is 1. The van der Waals surface area contributed by atoms with Gasteiger partial charge in [-0.3, -0.25) is 0 Å². The quantitative estimate of drug-likeness (QED) is 0.814. The summed E-state index contributed by atoms with van der Waals surface area (Å²) in [4.78, 5) is 0. The fraction of sp³-hybridized carbons (Fsp3) is 0.571. The van der Waals surface area contributed by atoms with Crippen LogP contribution in [0, 0.1) is 5.92 Å². The number of nitrogens with two attached hydrogens (primary N) is 1. The number of nitrogen functional groups attached to an aromatic ring is 1. The van der Waals surface area contributed by atoms with Crippen molar-refractivity contribution in [3.05, 3.63) is 29.8 Å². The second-order valence-electron chi connectivity index (χ2n) is 5.36. The van der Waals surface area contributed by atoms with E-state index in [2.05, 4.69) is 4.72 Å². The predicted octanol–water partition coefficient (Wildman–Crippen LogP) is 2.27. The molecule has 1 saturated carbocycles. The van der Waals surface area contributed by atoms with E-state index in [9.17, 15) is 8.42 Å². The lowest BCUT2D eigenvalue weighted by molar-refractivity contribution is 0.357. The van der Waals surface area contributed by atoms with E-state index in [4.69, 9.17) is 5.73 Å². The third-order valence-corrected chi connectivity index (χ3v) is 4.94. The Hall–Kier alpha value is -1.07. The van der Waals surface area contributed by atoms with E-state index in [0.717, 1.165) is 18.4 Å². The Balaban J connectivity index is 1.87. The monoisotopic (exact) mass is 282 g/mol. The minimum atomic E-state index is -3.26. The Bertz CT molecular complexity index is 508. The number of benzene rings is 1. The molecule has 4 nitrogen and oxygen atoms in total. The van der Waals surface area contributed by atoms with Crippen molar-refractivity contribution in [2.45, 2.75) is 37.9 Å². The second kappa shape index (κ2) is 6.39. The minimum Gasteiger partial charge on any atom is -0.399 e. The van der Waals surface area contributed by atoms with Crippen molar-refractivity contribution >= 4 is 15.7 Å². The molecule has 0 spiro atoms. The first-order valence-electron chi connectivity index (χ1n) is 6.87. The highest BCUT2D eigenvalue weighted by Gasteiger charge is 2.17. The summed E-state index contributed by atoms with van der Waals surface area (Å²) in [5, 5.41) is 0. The van der Waals surface area contributed by atoms with Crippen LogP contribution in [0.5, 0.6) is 0 Å². The molecule has 19 heavy (non-hydrogen) atoms. The summed E-state index contributed by atoms with van der Waals surface area (Å²) in [6.07, 6.45) is 6.01. The summed E-state index contributed by atoms with van der Waals surface area (Å²) in [5.41, 5.74) is 6.98. The van der Waals surface area contributed by atoms with Gasteiger partial charge in [0.25, 0.3) is 0 Å². The molecular weight excluding hydrogens is 260 g/mol. The molecule has 5 heteroatoms. The summed E-state index contributed by atoms with van der Waals surface area (Å²) >= 11 is 0. The second-order valence-corrected chi connectivity index (χ2v) is 7.16. The molecule has 0 bridgehead atoms. The first-order chi connectivity index (χ1) is 9.05. The first kappa shape index (κ1) is 14.3. The van der Waals surface area contributed by atoms with Crippen LogP contribution < -0.4 is 10.5 Å². The Morgan fingerprint density at radius 1 is 1.21 bits per heavy atom. The largest absolute Gasteiger partial charge is 0.399 e. The Kier molecular flexibility index (Phi) is 4.82. The molecule has 0 aliphatic heterocycles. The van der Waals surface area contributed by atoms with Gasteiger partial charge in [0.2, 0.25) is 10.0 Å². The van der Waals surface area contributed by atoms with Crippen LogP contribution in [0.15, 0.2) is 24.3 Å². The maximum Gasteiger partial charge on any atom is 0.215 e. The molecule has 0 unspecified atom stereocenters. The van der Waals surface area contributed by atoms with E-state index in [1.165, 1.54) is 19.3 Å². The fourth-order valence-corrected chi connectivity index (χ4v) is 3.80. The predicted molar refractivity (Wildman–Crippen MR) is 78.1 cm³/mol. The van der Waals surface area contributed by atoms with E-state index in [1.807, 2.05) is 0 Å². The molecule has 0 aromatic heterocycles. The van der Waals surface area contributed by atoms with E-state index in [-0.39, 0.29) is 5.75 Å². The lowest BCUT2D eigenvalue weighted by atomic mass is 9.90. The standard InChI is InChI=1S/C14H22N2O2S/c15-14-8-4-7-13(9-14)11-19(17,18)16-10-12-5-2-1-3-6-12/h4,7-9,12,16H,1-3,5-6,10-11,15H2. The zero-order valence-electron chi connectivity index (χ0n) is 11.1. The Labute approximate surface area is 115 Å². The number of hydrogen-bond acceptors (Lipinski definition) is 3. The molecule has 1 aliphatic rings. The SMILES string of the molecule is Nc1cccc(CS(=O)(=O)NCC2CCCCC2)c1. The van der Waals surface area contributed by atoms with Crippen molar-refractivity contribution in [2.75, 3.05) is 12.3 Å². The molecule has 0 radical (unpaired) electrons. The number of anilines is 1. The van der Waals surface area contributed by atoms with Gasteiger partial charge in [0.15, 0.2) is 0 Å².